The van der Waals surface area contributed by atoms with E-state index in [1.807, 2.05) is 0 Å². The molecule has 4 atom stereocenters. The molecule has 32 heavy (non-hydrogen) atoms. The van der Waals surface area contributed by atoms with Crippen molar-refractivity contribution in [3.8, 4) is 0 Å². The molecule has 174 valence electrons. The number of carboxylic acids is 1. The first-order valence-electron chi connectivity index (χ1n) is 9.86. The number of carbonyl (C=O) groups excluding carboxylic acids is 3. The summed E-state index contributed by atoms with van der Waals surface area (Å²) in [5.41, 5.74) is 6.84. The number of carbonyl (C=O) groups is 3. The van der Waals surface area contributed by atoms with Gasteiger partial charge in [0.05, 0.1) is 25.2 Å². The van der Waals surface area contributed by atoms with Gasteiger partial charge >= 0.3 is 59.1 Å². The topological polar surface area (TPSA) is 183 Å². The third-order valence-electron chi connectivity index (χ3n) is 4.56. The average Bonchev–Trinajstić information content (AvgIpc) is 2.70. The van der Waals surface area contributed by atoms with Crippen molar-refractivity contribution in [2.24, 2.45) is 5.92 Å². The Morgan fingerprint density at radius 1 is 1.19 bits per heavy atom. The Balaban J connectivity index is 0.00000961. The number of carboxylic acid groups (broad SMARTS) is 1. The number of aliphatic carboxylic acids is 1. The van der Waals surface area contributed by atoms with Crippen LogP contribution in [0.15, 0.2) is 24.3 Å². The van der Waals surface area contributed by atoms with E-state index in [1.165, 1.54) is 6.92 Å². The monoisotopic (exact) mass is 496 g/mol. The zero-order valence-corrected chi connectivity index (χ0v) is 22.8. The average molecular weight is 497 g/mol. The van der Waals surface area contributed by atoms with Crippen LogP contribution in [0.25, 0.3) is 0 Å². The summed E-state index contributed by atoms with van der Waals surface area (Å²) in [5, 5.41) is 17.7. The summed E-state index contributed by atoms with van der Waals surface area (Å²) in [6.07, 6.45) is 0.539. The van der Waals surface area contributed by atoms with Gasteiger partial charge in [-0.1, -0.05) is 32.4 Å². The van der Waals surface area contributed by atoms with Gasteiger partial charge in [-0.25, -0.2) is 9.65 Å². The summed E-state index contributed by atoms with van der Waals surface area (Å²) in [4.78, 5) is 46.0. The van der Waals surface area contributed by atoms with Crippen LogP contribution in [0.1, 0.15) is 32.8 Å². The van der Waals surface area contributed by atoms with Gasteiger partial charge in [0.1, 0.15) is 6.04 Å². The fraction of sp³-hybridized carbons (Fsp3) is 0.526. The Kier molecular flexibility index (Phi) is 14.8. The molecule has 0 saturated heterocycles. The molecular formula is C19H30KN4O7P. The first-order chi connectivity index (χ1) is 14.5. The molecule has 0 aromatic heterocycles. The smallest absolute Gasteiger partial charge is 0.548 e. The number of hydrogen-bond donors (Lipinski definition) is 5. The van der Waals surface area contributed by atoms with E-state index in [0.29, 0.717) is 17.7 Å². The molecule has 11 nitrogen and oxygen atoms in total. The van der Waals surface area contributed by atoms with Crippen LogP contribution in [0.4, 0.5) is 5.69 Å². The number of anilines is 1. The zero-order valence-electron chi connectivity index (χ0n) is 18.8. The van der Waals surface area contributed by atoms with Crippen LogP contribution in [0, 0.1) is 5.92 Å². The van der Waals surface area contributed by atoms with Gasteiger partial charge < -0.3 is 31.2 Å². The molecule has 13 heteroatoms. The molecule has 1 aromatic rings. The molecule has 0 bridgehead atoms. The van der Waals surface area contributed by atoms with Gasteiger partial charge in [-0.2, -0.15) is 0 Å². The molecule has 1 rings (SSSR count). The Morgan fingerprint density at radius 3 is 2.28 bits per heavy atom. The maximum Gasteiger partial charge on any atom is 1.00 e. The molecule has 0 fully saturated rings. The number of rotatable bonds is 13. The van der Waals surface area contributed by atoms with Gasteiger partial charge in [-0.15, -0.1) is 0 Å². The number of amides is 2. The fourth-order valence-corrected chi connectivity index (χ4v) is 3.86. The van der Waals surface area contributed by atoms with Crippen molar-refractivity contribution >= 4 is 31.2 Å². The van der Waals surface area contributed by atoms with Crippen LogP contribution < -0.4 is 77.9 Å². The van der Waals surface area contributed by atoms with Crippen LogP contribution >= 0.6 is 7.75 Å². The summed E-state index contributed by atoms with van der Waals surface area (Å²) in [6, 6.07) is 4.32. The summed E-state index contributed by atoms with van der Waals surface area (Å²) in [5.74, 6) is -3.30. The summed E-state index contributed by atoms with van der Waals surface area (Å²) in [7, 11) is -4.25. The third-order valence-corrected chi connectivity index (χ3v) is 5.77. The van der Waals surface area contributed by atoms with Crippen LogP contribution in [0.3, 0.4) is 0 Å². The van der Waals surface area contributed by atoms with Gasteiger partial charge in [0.25, 0.3) is 0 Å². The number of hydrogen-bond acceptors (Lipinski definition) is 7. The zero-order chi connectivity index (χ0) is 23.6. The first-order valence-corrected chi connectivity index (χ1v) is 11.4. The molecular weight excluding hydrogens is 466 g/mol. The van der Waals surface area contributed by atoms with Gasteiger partial charge in [0.2, 0.25) is 11.8 Å². The van der Waals surface area contributed by atoms with Crippen LogP contribution in [-0.2, 0) is 29.9 Å². The fourth-order valence-electron chi connectivity index (χ4n) is 2.71. The van der Waals surface area contributed by atoms with E-state index in [1.54, 1.807) is 38.1 Å². The Labute approximate surface area is 230 Å². The minimum Gasteiger partial charge on any atom is -0.548 e. The molecule has 0 spiro atoms. The van der Waals surface area contributed by atoms with E-state index in [9.17, 15) is 28.9 Å². The molecule has 0 aliphatic rings. The van der Waals surface area contributed by atoms with E-state index in [4.69, 9.17) is 10.3 Å². The van der Waals surface area contributed by atoms with Crippen LogP contribution in [0.2, 0.25) is 0 Å². The molecule has 0 aliphatic heterocycles. The van der Waals surface area contributed by atoms with Gasteiger partial charge in [-0.3, -0.25) is 14.1 Å². The molecule has 1 unspecified atom stereocenters. The van der Waals surface area contributed by atoms with Crippen molar-refractivity contribution in [3.05, 3.63) is 29.8 Å². The van der Waals surface area contributed by atoms with Crippen LogP contribution in [-0.4, -0.2) is 47.9 Å². The van der Waals surface area contributed by atoms with Crippen molar-refractivity contribution in [2.75, 3.05) is 18.9 Å². The first kappa shape index (κ1) is 31.2. The second-order valence-corrected chi connectivity index (χ2v) is 8.58. The van der Waals surface area contributed by atoms with Crippen molar-refractivity contribution in [3.63, 3.8) is 0 Å². The maximum atomic E-state index is 12.9. The normalized spacial score (nSPS) is 15.4. The third kappa shape index (κ3) is 11.3. The number of nitrogen functional groups attached to an aromatic ring is 1. The van der Waals surface area contributed by atoms with Crippen LogP contribution in [0.5, 0.6) is 0 Å². The summed E-state index contributed by atoms with van der Waals surface area (Å²) >= 11 is 0. The van der Waals surface area contributed by atoms with Crippen molar-refractivity contribution in [2.45, 2.75) is 45.7 Å². The standard InChI is InChI=1S/C19H31N4O7P.K/c1-4-12(3)17(23-31(28,29)30-5-2)19(27)22-15(18(26)21-11-16(24)25)10-13-6-8-14(20)9-7-13;/h6-9,12,15,17H,4-5,10-11,20H2,1-3H3,(H,21,26)(H,22,27)(H,24,25)(H2,23,28,29);/q;+1/p-1/t12-,15-,17-;/m0./s1. The Bertz CT molecular complexity index is 809. The SMILES string of the molecule is CCOP(=O)(O)N[C@H](C(=O)N[C@@H](Cc1ccc(N)cc1)C(=O)NCC(=O)[O-])[C@@H](C)CC.[K+]. The predicted molar refractivity (Wildman–Crippen MR) is 112 cm³/mol. The van der Waals surface area contributed by atoms with E-state index in [2.05, 4.69) is 15.7 Å². The van der Waals surface area contributed by atoms with Gasteiger partial charge in [-0.05, 0) is 30.5 Å². The van der Waals surface area contributed by atoms with E-state index in [-0.39, 0.29) is 70.3 Å². The summed E-state index contributed by atoms with van der Waals surface area (Å²) in [6.45, 7) is 4.27. The van der Waals surface area contributed by atoms with E-state index >= 15 is 0 Å². The number of nitrogens with two attached hydrogens (primary N) is 1. The Hall–Kier alpha value is -0.824. The van der Waals surface area contributed by atoms with Crippen molar-refractivity contribution < 1.29 is 84.9 Å². The van der Waals surface area contributed by atoms with Crippen molar-refractivity contribution in [1.82, 2.24) is 15.7 Å². The number of nitrogens with one attached hydrogen (secondary N) is 3. The minimum atomic E-state index is -4.25. The quantitative estimate of drug-likeness (QED) is 0.104. The maximum absolute atomic E-state index is 12.9. The van der Waals surface area contributed by atoms with Gasteiger partial charge in [0, 0.05) is 12.1 Å². The minimum absolute atomic E-state index is 0. The van der Waals surface area contributed by atoms with Gasteiger partial charge in [0.15, 0.2) is 0 Å². The molecule has 0 aliphatic carbocycles. The van der Waals surface area contributed by atoms with E-state index in [0.717, 1.165) is 0 Å². The van der Waals surface area contributed by atoms with Crippen molar-refractivity contribution in [1.29, 1.82) is 0 Å². The summed E-state index contributed by atoms with van der Waals surface area (Å²) < 4.78 is 16.9. The molecule has 2 amide bonds. The molecule has 0 heterocycles. The largest absolute Gasteiger partial charge is 1.00 e. The molecule has 6 N–H and O–H groups in total. The molecule has 0 saturated carbocycles. The molecule has 0 radical (unpaired) electrons. The second kappa shape index (κ2) is 15.2. The second-order valence-electron chi connectivity index (χ2n) is 7.03. The number of benzene rings is 1. The van der Waals surface area contributed by atoms with E-state index < -0.39 is 44.2 Å². The predicted octanol–water partition coefficient (Wildman–Crippen LogP) is -3.69. The Morgan fingerprint density at radius 2 is 1.78 bits per heavy atom. The molecule has 1 aromatic carbocycles.